The Morgan fingerprint density at radius 2 is 1.92 bits per heavy atom. The van der Waals surface area contributed by atoms with Crippen molar-refractivity contribution in [3.05, 3.63) is 57.6 Å². The fourth-order valence-electron chi connectivity index (χ4n) is 2.75. The molecule has 6 heteroatoms. The summed E-state index contributed by atoms with van der Waals surface area (Å²) in [5.41, 5.74) is 2.97. The number of hydrogen-bond acceptors (Lipinski definition) is 5. The van der Waals surface area contributed by atoms with Gasteiger partial charge in [-0.3, -0.25) is 4.90 Å². The molecule has 0 radical (unpaired) electrons. The summed E-state index contributed by atoms with van der Waals surface area (Å²) in [5.74, 6) is 1.54. The molecule has 130 valence electrons. The summed E-state index contributed by atoms with van der Waals surface area (Å²) in [7, 11) is 1.71. The van der Waals surface area contributed by atoms with Crippen LogP contribution in [0.1, 0.15) is 16.7 Å². The molecule has 0 aliphatic carbocycles. The first kappa shape index (κ1) is 17.7. The summed E-state index contributed by atoms with van der Waals surface area (Å²) >= 11 is 3.54. The molecule has 0 fully saturated rings. The van der Waals surface area contributed by atoms with Crippen LogP contribution in [0.15, 0.2) is 40.9 Å². The lowest BCUT2D eigenvalue weighted by molar-refractivity contribution is 0.140. The summed E-state index contributed by atoms with van der Waals surface area (Å²) < 4.78 is 17.1. The predicted octanol–water partition coefficient (Wildman–Crippen LogP) is 3.70. The normalized spacial score (nSPS) is 12.4. The second-order valence-electron chi connectivity index (χ2n) is 5.82. The minimum Gasteiger partial charge on any atom is -0.454 e. The highest BCUT2D eigenvalue weighted by atomic mass is 79.9. The van der Waals surface area contributed by atoms with Gasteiger partial charge in [-0.1, -0.05) is 12.1 Å². The van der Waals surface area contributed by atoms with E-state index >= 15 is 0 Å². The van der Waals surface area contributed by atoms with Crippen molar-refractivity contribution in [1.82, 2.24) is 4.90 Å². The molecule has 2 aromatic rings. The average molecular weight is 403 g/mol. The summed E-state index contributed by atoms with van der Waals surface area (Å²) in [6.45, 7) is 3.26. The Morgan fingerprint density at radius 1 is 1.16 bits per heavy atom. The lowest BCUT2D eigenvalue weighted by atomic mass is 10.1. The molecular formula is C19H19BrN2O3. The maximum absolute atomic E-state index is 8.92. The Bertz CT molecular complexity index is 771. The number of fused-ring (bicyclic) bond motifs is 1. The number of halogens is 1. The molecule has 0 unspecified atom stereocenters. The fourth-order valence-corrected chi connectivity index (χ4v) is 3.35. The van der Waals surface area contributed by atoms with E-state index in [0.717, 1.165) is 46.7 Å². The van der Waals surface area contributed by atoms with Gasteiger partial charge in [0.1, 0.15) is 0 Å². The Hall–Kier alpha value is -2.07. The van der Waals surface area contributed by atoms with Gasteiger partial charge >= 0.3 is 0 Å². The Balaban J connectivity index is 1.74. The third kappa shape index (κ3) is 4.51. The van der Waals surface area contributed by atoms with Crippen LogP contribution < -0.4 is 9.47 Å². The molecule has 0 N–H and O–H groups in total. The van der Waals surface area contributed by atoms with Crippen molar-refractivity contribution in [2.45, 2.75) is 13.1 Å². The molecule has 0 spiro atoms. The van der Waals surface area contributed by atoms with Crippen LogP contribution in [0.2, 0.25) is 0 Å². The SMILES string of the molecule is COCCN(Cc1ccc(C#N)cc1)Cc1cc(Br)c2c(c1)OCO2. The van der Waals surface area contributed by atoms with Crippen LogP contribution in [0.3, 0.4) is 0 Å². The first-order valence-corrected chi connectivity index (χ1v) is 8.77. The van der Waals surface area contributed by atoms with Gasteiger partial charge in [-0.15, -0.1) is 0 Å². The molecule has 1 heterocycles. The van der Waals surface area contributed by atoms with Gasteiger partial charge in [0.15, 0.2) is 11.5 Å². The van der Waals surface area contributed by atoms with E-state index in [2.05, 4.69) is 33.0 Å². The average Bonchev–Trinajstić information content (AvgIpc) is 3.09. The van der Waals surface area contributed by atoms with E-state index in [1.54, 1.807) is 7.11 Å². The third-order valence-corrected chi connectivity index (χ3v) is 4.58. The van der Waals surface area contributed by atoms with Gasteiger partial charge in [-0.25, -0.2) is 0 Å². The zero-order chi connectivity index (χ0) is 17.6. The second kappa shape index (κ2) is 8.34. The largest absolute Gasteiger partial charge is 0.454 e. The van der Waals surface area contributed by atoms with Crippen LogP contribution in [0.4, 0.5) is 0 Å². The molecule has 0 atom stereocenters. The zero-order valence-electron chi connectivity index (χ0n) is 14.0. The highest BCUT2D eigenvalue weighted by molar-refractivity contribution is 9.10. The number of nitriles is 1. The van der Waals surface area contributed by atoms with Gasteiger partial charge in [0.05, 0.1) is 22.7 Å². The number of ether oxygens (including phenoxy) is 3. The van der Waals surface area contributed by atoms with E-state index in [9.17, 15) is 0 Å². The van der Waals surface area contributed by atoms with Gasteiger partial charge in [0.2, 0.25) is 6.79 Å². The topological polar surface area (TPSA) is 54.7 Å². The van der Waals surface area contributed by atoms with Crippen molar-refractivity contribution < 1.29 is 14.2 Å². The number of benzene rings is 2. The maximum atomic E-state index is 8.92. The predicted molar refractivity (Wildman–Crippen MR) is 97.4 cm³/mol. The Kier molecular flexibility index (Phi) is 5.92. The Morgan fingerprint density at radius 3 is 2.64 bits per heavy atom. The maximum Gasteiger partial charge on any atom is 0.231 e. The zero-order valence-corrected chi connectivity index (χ0v) is 15.6. The van der Waals surface area contributed by atoms with Crippen molar-refractivity contribution in [3.63, 3.8) is 0 Å². The second-order valence-corrected chi connectivity index (χ2v) is 6.68. The molecule has 0 saturated heterocycles. The lowest BCUT2D eigenvalue weighted by Crippen LogP contribution is -2.26. The molecule has 1 aliphatic heterocycles. The number of hydrogen-bond donors (Lipinski definition) is 0. The highest BCUT2D eigenvalue weighted by Crippen LogP contribution is 2.40. The molecule has 0 aromatic heterocycles. The van der Waals surface area contributed by atoms with Crippen molar-refractivity contribution in [2.75, 3.05) is 27.1 Å². The quantitative estimate of drug-likeness (QED) is 0.706. The molecule has 0 amide bonds. The number of rotatable bonds is 7. The van der Waals surface area contributed by atoms with Crippen molar-refractivity contribution in [2.24, 2.45) is 0 Å². The van der Waals surface area contributed by atoms with Crippen molar-refractivity contribution in [3.8, 4) is 17.6 Å². The van der Waals surface area contributed by atoms with Gasteiger partial charge in [0, 0.05) is 26.7 Å². The van der Waals surface area contributed by atoms with Crippen LogP contribution in [0.5, 0.6) is 11.5 Å². The summed E-state index contributed by atoms with van der Waals surface area (Å²) in [4.78, 5) is 2.30. The van der Waals surface area contributed by atoms with E-state index in [1.165, 1.54) is 0 Å². The van der Waals surface area contributed by atoms with Gasteiger partial charge in [0.25, 0.3) is 0 Å². The molecule has 5 nitrogen and oxygen atoms in total. The molecular weight excluding hydrogens is 384 g/mol. The minimum atomic E-state index is 0.260. The summed E-state index contributed by atoms with van der Waals surface area (Å²) in [5, 5.41) is 8.92. The van der Waals surface area contributed by atoms with Crippen LogP contribution in [0, 0.1) is 11.3 Å². The van der Waals surface area contributed by atoms with Gasteiger partial charge in [-0.2, -0.15) is 5.26 Å². The van der Waals surface area contributed by atoms with Crippen molar-refractivity contribution >= 4 is 15.9 Å². The van der Waals surface area contributed by atoms with Gasteiger partial charge < -0.3 is 14.2 Å². The molecule has 25 heavy (non-hydrogen) atoms. The highest BCUT2D eigenvalue weighted by Gasteiger charge is 2.19. The van der Waals surface area contributed by atoms with E-state index in [4.69, 9.17) is 19.5 Å². The van der Waals surface area contributed by atoms with E-state index in [-0.39, 0.29) is 6.79 Å². The first-order valence-electron chi connectivity index (χ1n) is 7.98. The Labute approximate surface area is 155 Å². The fraction of sp³-hybridized carbons (Fsp3) is 0.316. The molecule has 0 bridgehead atoms. The van der Waals surface area contributed by atoms with E-state index in [0.29, 0.717) is 12.2 Å². The molecule has 2 aromatic carbocycles. The summed E-state index contributed by atoms with van der Waals surface area (Å²) in [6.07, 6.45) is 0. The molecule has 3 rings (SSSR count). The third-order valence-electron chi connectivity index (χ3n) is 3.99. The number of methoxy groups -OCH3 is 1. The number of nitrogens with zero attached hydrogens (tertiary/aromatic N) is 2. The van der Waals surface area contributed by atoms with Gasteiger partial charge in [-0.05, 0) is 51.3 Å². The monoisotopic (exact) mass is 402 g/mol. The molecule has 1 aliphatic rings. The van der Waals surface area contributed by atoms with Crippen molar-refractivity contribution in [1.29, 1.82) is 5.26 Å². The lowest BCUT2D eigenvalue weighted by Gasteiger charge is -2.22. The molecule has 0 saturated carbocycles. The first-order chi connectivity index (χ1) is 12.2. The van der Waals surface area contributed by atoms with Crippen LogP contribution in [-0.4, -0.2) is 32.0 Å². The van der Waals surface area contributed by atoms with Crippen LogP contribution in [0.25, 0.3) is 0 Å². The van der Waals surface area contributed by atoms with Crippen LogP contribution in [-0.2, 0) is 17.8 Å². The van der Waals surface area contributed by atoms with E-state index < -0.39 is 0 Å². The van der Waals surface area contributed by atoms with Crippen LogP contribution >= 0.6 is 15.9 Å². The summed E-state index contributed by atoms with van der Waals surface area (Å²) in [6, 6.07) is 13.9. The van der Waals surface area contributed by atoms with E-state index in [1.807, 2.05) is 30.3 Å². The smallest absolute Gasteiger partial charge is 0.231 e. The standard InChI is InChI=1S/C19H19BrN2O3/c1-23-7-6-22(11-15-4-2-14(10-21)3-5-15)12-16-8-17(20)19-18(9-16)24-13-25-19/h2-5,8-9H,6-7,11-13H2,1H3. The minimum absolute atomic E-state index is 0.260.